The molecule has 0 amide bonds. The fourth-order valence-electron chi connectivity index (χ4n) is 2.74. The SMILES string of the molecule is CNC(CCO)CN1CC(C)CC(C)C1. The van der Waals surface area contributed by atoms with Gasteiger partial charge in [0.15, 0.2) is 0 Å². The van der Waals surface area contributed by atoms with Crippen LogP contribution < -0.4 is 5.32 Å². The summed E-state index contributed by atoms with van der Waals surface area (Å²) in [5.74, 6) is 1.64. The molecular formula is C12H26N2O. The van der Waals surface area contributed by atoms with Crippen LogP contribution >= 0.6 is 0 Å². The Hall–Kier alpha value is -0.120. The predicted molar refractivity (Wildman–Crippen MR) is 63.9 cm³/mol. The lowest BCUT2D eigenvalue weighted by atomic mass is 9.91. The molecule has 0 aromatic rings. The number of piperidine rings is 1. The van der Waals surface area contributed by atoms with Gasteiger partial charge in [0.1, 0.15) is 0 Å². The second-order valence-corrected chi connectivity index (χ2v) is 5.16. The van der Waals surface area contributed by atoms with E-state index in [4.69, 9.17) is 5.11 Å². The van der Waals surface area contributed by atoms with Gasteiger partial charge >= 0.3 is 0 Å². The van der Waals surface area contributed by atoms with Gasteiger partial charge in [0, 0.05) is 32.3 Å². The Labute approximate surface area is 93.9 Å². The maximum Gasteiger partial charge on any atom is 0.0446 e. The first-order valence-corrected chi connectivity index (χ1v) is 6.16. The highest BCUT2D eigenvalue weighted by Gasteiger charge is 2.23. The monoisotopic (exact) mass is 214 g/mol. The van der Waals surface area contributed by atoms with Gasteiger partial charge in [0.25, 0.3) is 0 Å². The molecule has 15 heavy (non-hydrogen) atoms. The molecule has 1 saturated heterocycles. The molecule has 0 bridgehead atoms. The molecule has 3 unspecified atom stereocenters. The van der Waals surface area contributed by atoms with Crippen LogP contribution in [0.25, 0.3) is 0 Å². The average molecular weight is 214 g/mol. The third kappa shape index (κ3) is 4.49. The van der Waals surface area contributed by atoms with Crippen molar-refractivity contribution < 1.29 is 5.11 Å². The Morgan fingerprint density at radius 1 is 1.33 bits per heavy atom. The lowest BCUT2D eigenvalue weighted by Gasteiger charge is -2.36. The molecule has 1 aliphatic rings. The predicted octanol–water partition coefficient (Wildman–Crippen LogP) is 0.935. The summed E-state index contributed by atoms with van der Waals surface area (Å²) in [6.07, 6.45) is 2.22. The van der Waals surface area contributed by atoms with Gasteiger partial charge in [-0.25, -0.2) is 0 Å². The van der Waals surface area contributed by atoms with Crippen molar-refractivity contribution in [1.82, 2.24) is 10.2 Å². The highest BCUT2D eigenvalue weighted by Crippen LogP contribution is 2.20. The lowest BCUT2D eigenvalue weighted by Crippen LogP contribution is -2.46. The molecule has 2 N–H and O–H groups in total. The number of hydrogen-bond donors (Lipinski definition) is 2. The number of nitrogens with one attached hydrogen (secondary N) is 1. The van der Waals surface area contributed by atoms with Gasteiger partial charge in [0.2, 0.25) is 0 Å². The van der Waals surface area contributed by atoms with Gasteiger partial charge in [-0.15, -0.1) is 0 Å². The van der Waals surface area contributed by atoms with E-state index in [-0.39, 0.29) is 6.61 Å². The van der Waals surface area contributed by atoms with Crippen molar-refractivity contribution >= 4 is 0 Å². The second kappa shape index (κ2) is 6.46. The summed E-state index contributed by atoms with van der Waals surface area (Å²) < 4.78 is 0. The molecule has 3 nitrogen and oxygen atoms in total. The van der Waals surface area contributed by atoms with Crippen LogP contribution in [0.15, 0.2) is 0 Å². The number of hydrogen-bond acceptors (Lipinski definition) is 3. The first-order chi connectivity index (χ1) is 7.15. The van der Waals surface area contributed by atoms with Crippen LogP contribution in [0.4, 0.5) is 0 Å². The van der Waals surface area contributed by atoms with E-state index >= 15 is 0 Å². The van der Waals surface area contributed by atoms with E-state index in [1.165, 1.54) is 19.5 Å². The molecule has 0 radical (unpaired) electrons. The maximum atomic E-state index is 8.94. The summed E-state index contributed by atoms with van der Waals surface area (Å²) in [6, 6.07) is 0.438. The van der Waals surface area contributed by atoms with Crippen LogP contribution in [0, 0.1) is 11.8 Å². The third-order valence-electron chi connectivity index (χ3n) is 3.31. The molecule has 0 aliphatic carbocycles. The van der Waals surface area contributed by atoms with Gasteiger partial charge in [0.05, 0.1) is 0 Å². The molecule has 0 saturated carbocycles. The molecular weight excluding hydrogens is 188 g/mol. The Kier molecular flexibility index (Phi) is 5.58. The molecule has 90 valence electrons. The minimum Gasteiger partial charge on any atom is -0.396 e. The Morgan fingerprint density at radius 3 is 2.40 bits per heavy atom. The van der Waals surface area contributed by atoms with Crippen molar-refractivity contribution in [2.75, 3.05) is 33.3 Å². The van der Waals surface area contributed by atoms with E-state index in [9.17, 15) is 0 Å². The summed E-state index contributed by atoms with van der Waals surface area (Å²) >= 11 is 0. The summed E-state index contributed by atoms with van der Waals surface area (Å²) in [7, 11) is 1.98. The minimum absolute atomic E-state index is 0.282. The van der Waals surface area contributed by atoms with E-state index in [2.05, 4.69) is 24.1 Å². The number of nitrogens with zero attached hydrogens (tertiary/aromatic N) is 1. The topological polar surface area (TPSA) is 35.5 Å². The van der Waals surface area contributed by atoms with Crippen LogP contribution in [0.1, 0.15) is 26.7 Å². The number of rotatable bonds is 5. The first-order valence-electron chi connectivity index (χ1n) is 6.16. The quantitative estimate of drug-likeness (QED) is 0.715. The number of aliphatic hydroxyl groups excluding tert-OH is 1. The van der Waals surface area contributed by atoms with E-state index in [0.717, 1.165) is 24.8 Å². The zero-order valence-electron chi connectivity index (χ0n) is 10.4. The van der Waals surface area contributed by atoms with Crippen LogP contribution in [0.3, 0.4) is 0 Å². The van der Waals surface area contributed by atoms with Gasteiger partial charge in [-0.1, -0.05) is 13.8 Å². The average Bonchev–Trinajstić information content (AvgIpc) is 2.15. The molecule has 0 aromatic heterocycles. The van der Waals surface area contributed by atoms with E-state index in [1.54, 1.807) is 0 Å². The highest BCUT2D eigenvalue weighted by molar-refractivity contribution is 4.78. The van der Waals surface area contributed by atoms with Crippen molar-refractivity contribution in [3.8, 4) is 0 Å². The molecule has 1 heterocycles. The maximum absolute atomic E-state index is 8.94. The van der Waals surface area contributed by atoms with Crippen LogP contribution in [0.2, 0.25) is 0 Å². The van der Waals surface area contributed by atoms with Gasteiger partial charge in [-0.3, -0.25) is 0 Å². The molecule has 1 fully saturated rings. The zero-order valence-corrected chi connectivity index (χ0v) is 10.4. The van der Waals surface area contributed by atoms with Crippen molar-refractivity contribution in [3.05, 3.63) is 0 Å². The molecule has 0 aromatic carbocycles. The summed E-state index contributed by atoms with van der Waals surface area (Å²) in [5, 5.41) is 12.2. The fraction of sp³-hybridized carbons (Fsp3) is 1.00. The van der Waals surface area contributed by atoms with Gasteiger partial charge in [-0.2, -0.15) is 0 Å². The Bertz CT molecular complexity index is 165. The largest absolute Gasteiger partial charge is 0.396 e. The number of aliphatic hydroxyl groups is 1. The van der Waals surface area contributed by atoms with Crippen LogP contribution in [-0.4, -0.2) is 49.3 Å². The standard InChI is InChI=1S/C12H26N2O/c1-10-6-11(2)8-14(7-10)9-12(13-3)4-5-15/h10-13,15H,4-9H2,1-3H3. The molecule has 0 spiro atoms. The molecule has 1 rings (SSSR count). The van der Waals surface area contributed by atoms with Crippen LogP contribution in [-0.2, 0) is 0 Å². The Morgan fingerprint density at radius 2 is 1.93 bits per heavy atom. The highest BCUT2D eigenvalue weighted by atomic mass is 16.3. The zero-order chi connectivity index (χ0) is 11.3. The Balaban J connectivity index is 2.35. The van der Waals surface area contributed by atoms with Crippen molar-refractivity contribution in [2.45, 2.75) is 32.7 Å². The van der Waals surface area contributed by atoms with Crippen molar-refractivity contribution in [2.24, 2.45) is 11.8 Å². The smallest absolute Gasteiger partial charge is 0.0446 e. The van der Waals surface area contributed by atoms with E-state index in [1.807, 2.05) is 7.05 Å². The summed E-state index contributed by atoms with van der Waals surface area (Å²) in [4.78, 5) is 2.54. The first kappa shape index (κ1) is 12.9. The van der Waals surface area contributed by atoms with E-state index in [0.29, 0.717) is 6.04 Å². The summed E-state index contributed by atoms with van der Waals surface area (Å²) in [5.41, 5.74) is 0. The lowest BCUT2D eigenvalue weighted by molar-refractivity contribution is 0.123. The molecule has 3 heteroatoms. The van der Waals surface area contributed by atoms with Crippen molar-refractivity contribution in [3.63, 3.8) is 0 Å². The number of likely N-dealkylation sites (tertiary alicyclic amines) is 1. The molecule has 3 atom stereocenters. The normalized spacial score (nSPS) is 30.4. The van der Waals surface area contributed by atoms with Gasteiger partial charge in [-0.05, 0) is 31.7 Å². The van der Waals surface area contributed by atoms with Crippen molar-refractivity contribution in [1.29, 1.82) is 0 Å². The minimum atomic E-state index is 0.282. The molecule has 1 aliphatic heterocycles. The van der Waals surface area contributed by atoms with Gasteiger partial charge < -0.3 is 15.3 Å². The fourth-order valence-corrected chi connectivity index (χ4v) is 2.74. The van der Waals surface area contributed by atoms with Crippen LogP contribution in [0.5, 0.6) is 0 Å². The van der Waals surface area contributed by atoms with E-state index < -0.39 is 0 Å². The second-order valence-electron chi connectivity index (χ2n) is 5.16. The number of likely N-dealkylation sites (N-methyl/N-ethyl adjacent to an activating group) is 1. The summed E-state index contributed by atoms with van der Waals surface area (Å²) in [6.45, 7) is 8.46. The third-order valence-corrected chi connectivity index (χ3v) is 3.31.